The van der Waals surface area contributed by atoms with Gasteiger partial charge in [0.25, 0.3) is 11.1 Å². The molecular formula is C12H10ClNO4S. The second-order valence-corrected chi connectivity index (χ2v) is 5.06. The fourth-order valence-electron chi connectivity index (χ4n) is 1.52. The van der Waals surface area contributed by atoms with Crippen LogP contribution in [0.4, 0.5) is 4.79 Å². The molecule has 19 heavy (non-hydrogen) atoms. The Kier molecular flexibility index (Phi) is 4.01. The number of phenolic OH excluding ortho intramolecular Hbond substituents is 1. The average molecular weight is 300 g/mol. The Labute approximate surface area is 118 Å². The van der Waals surface area contributed by atoms with Crippen molar-refractivity contribution in [1.29, 1.82) is 0 Å². The first-order valence-electron chi connectivity index (χ1n) is 5.41. The van der Waals surface area contributed by atoms with Crippen LogP contribution in [-0.2, 0) is 4.79 Å². The van der Waals surface area contributed by atoms with Gasteiger partial charge in [-0.3, -0.25) is 14.9 Å². The molecule has 1 fully saturated rings. The summed E-state index contributed by atoms with van der Waals surface area (Å²) in [5.41, 5.74) is 0.568. The van der Waals surface area contributed by atoms with E-state index in [-0.39, 0.29) is 21.4 Å². The molecule has 1 saturated heterocycles. The van der Waals surface area contributed by atoms with Gasteiger partial charge in [0.2, 0.25) is 0 Å². The minimum absolute atomic E-state index is 0.118. The first-order chi connectivity index (χ1) is 9.01. The van der Waals surface area contributed by atoms with Crippen molar-refractivity contribution < 1.29 is 19.4 Å². The molecule has 2 N–H and O–H groups in total. The molecule has 7 heteroatoms. The minimum atomic E-state index is -0.447. The molecule has 2 rings (SSSR count). The number of nitrogens with one attached hydrogen (secondary N) is 1. The van der Waals surface area contributed by atoms with Gasteiger partial charge < -0.3 is 9.84 Å². The molecule has 0 aromatic heterocycles. The zero-order valence-corrected chi connectivity index (χ0v) is 11.5. The highest BCUT2D eigenvalue weighted by molar-refractivity contribution is 8.18. The highest BCUT2D eigenvalue weighted by Crippen LogP contribution is 2.36. The minimum Gasteiger partial charge on any atom is -0.503 e. The van der Waals surface area contributed by atoms with E-state index in [1.807, 2.05) is 0 Å². The summed E-state index contributed by atoms with van der Waals surface area (Å²) in [6.45, 7) is 2.15. The van der Waals surface area contributed by atoms with Crippen molar-refractivity contribution in [2.75, 3.05) is 6.61 Å². The van der Waals surface area contributed by atoms with Gasteiger partial charge in [-0.05, 0) is 42.5 Å². The van der Waals surface area contributed by atoms with Crippen molar-refractivity contribution in [2.45, 2.75) is 6.92 Å². The summed E-state index contributed by atoms with van der Waals surface area (Å²) in [7, 11) is 0. The Morgan fingerprint density at radius 2 is 2.21 bits per heavy atom. The standard InChI is InChI=1S/C12H10ClNO4S/c1-2-18-8-4-6(3-7(13)10(8)15)5-9-11(16)14-12(17)19-9/h3-5,15H,2H2,1H3,(H,14,16,17)/b9-5+. The number of ether oxygens (including phenoxy) is 1. The van der Waals surface area contributed by atoms with Crippen LogP contribution in [0.5, 0.6) is 11.5 Å². The highest BCUT2D eigenvalue weighted by Gasteiger charge is 2.25. The number of rotatable bonds is 3. The number of halogens is 1. The number of aromatic hydroxyl groups is 1. The van der Waals surface area contributed by atoms with E-state index in [2.05, 4.69) is 5.32 Å². The summed E-state index contributed by atoms with van der Waals surface area (Å²) in [4.78, 5) is 22.7. The molecule has 1 aromatic carbocycles. The lowest BCUT2D eigenvalue weighted by Gasteiger charge is -2.08. The highest BCUT2D eigenvalue weighted by atomic mass is 35.5. The smallest absolute Gasteiger partial charge is 0.290 e. The number of phenols is 1. The molecule has 0 aliphatic carbocycles. The van der Waals surface area contributed by atoms with Crippen molar-refractivity contribution in [3.63, 3.8) is 0 Å². The molecule has 100 valence electrons. The zero-order chi connectivity index (χ0) is 14.0. The Morgan fingerprint density at radius 1 is 1.47 bits per heavy atom. The Morgan fingerprint density at radius 3 is 2.79 bits per heavy atom. The van der Waals surface area contributed by atoms with Crippen molar-refractivity contribution >= 4 is 40.6 Å². The van der Waals surface area contributed by atoms with E-state index in [4.69, 9.17) is 16.3 Å². The van der Waals surface area contributed by atoms with Gasteiger partial charge in [0.1, 0.15) is 0 Å². The van der Waals surface area contributed by atoms with Crippen LogP contribution in [0.25, 0.3) is 6.08 Å². The van der Waals surface area contributed by atoms with E-state index in [0.29, 0.717) is 12.2 Å². The quantitative estimate of drug-likeness (QED) is 0.839. The Hall–Kier alpha value is -1.66. The van der Waals surface area contributed by atoms with Gasteiger partial charge >= 0.3 is 0 Å². The third kappa shape index (κ3) is 3.02. The molecule has 1 heterocycles. The molecule has 0 bridgehead atoms. The van der Waals surface area contributed by atoms with Crippen LogP contribution >= 0.6 is 23.4 Å². The SMILES string of the molecule is CCOc1cc(/C=C2/SC(=O)NC2=O)cc(Cl)c1O. The van der Waals surface area contributed by atoms with Crippen molar-refractivity contribution in [3.8, 4) is 11.5 Å². The number of hydrogen-bond donors (Lipinski definition) is 2. The van der Waals surface area contributed by atoms with E-state index >= 15 is 0 Å². The molecular weight excluding hydrogens is 290 g/mol. The van der Waals surface area contributed by atoms with E-state index < -0.39 is 11.1 Å². The maximum absolute atomic E-state index is 11.4. The fraction of sp³-hybridized carbons (Fsp3) is 0.167. The Bertz CT molecular complexity index is 585. The topological polar surface area (TPSA) is 75.6 Å². The largest absolute Gasteiger partial charge is 0.503 e. The average Bonchev–Trinajstić information content (AvgIpc) is 2.64. The fourth-order valence-corrected chi connectivity index (χ4v) is 2.42. The molecule has 0 atom stereocenters. The molecule has 0 saturated carbocycles. The van der Waals surface area contributed by atoms with Crippen molar-refractivity contribution in [1.82, 2.24) is 5.32 Å². The molecule has 1 aliphatic heterocycles. The number of benzene rings is 1. The van der Waals surface area contributed by atoms with Crippen LogP contribution in [0.15, 0.2) is 17.0 Å². The number of imide groups is 1. The van der Waals surface area contributed by atoms with Crippen LogP contribution in [0.1, 0.15) is 12.5 Å². The summed E-state index contributed by atoms with van der Waals surface area (Å²) >= 11 is 6.68. The van der Waals surface area contributed by atoms with E-state index in [9.17, 15) is 14.7 Å². The lowest BCUT2D eigenvalue weighted by Crippen LogP contribution is -2.17. The summed E-state index contributed by atoms with van der Waals surface area (Å²) < 4.78 is 5.23. The summed E-state index contributed by atoms with van der Waals surface area (Å²) in [5.74, 6) is -0.362. The van der Waals surface area contributed by atoms with Crippen LogP contribution in [-0.4, -0.2) is 22.9 Å². The summed E-state index contributed by atoms with van der Waals surface area (Å²) in [6.07, 6.45) is 1.51. The van der Waals surface area contributed by atoms with Crippen LogP contribution < -0.4 is 10.1 Å². The number of hydrogen-bond acceptors (Lipinski definition) is 5. The van der Waals surface area contributed by atoms with Crippen molar-refractivity contribution in [2.24, 2.45) is 0 Å². The molecule has 0 unspecified atom stereocenters. The monoisotopic (exact) mass is 299 g/mol. The number of amides is 2. The summed E-state index contributed by atoms with van der Waals surface area (Å²) in [6, 6.07) is 3.04. The molecule has 0 spiro atoms. The molecule has 0 radical (unpaired) electrons. The third-order valence-electron chi connectivity index (χ3n) is 2.29. The van der Waals surface area contributed by atoms with Crippen LogP contribution in [0.3, 0.4) is 0 Å². The van der Waals surface area contributed by atoms with Gasteiger partial charge in [0.05, 0.1) is 16.5 Å². The maximum Gasteiger partial charge on any atom is 0.290 e. The first kappa shape index (κ1) is 13.8. The zero-order valence-electron chi connectivity index (χ0n) is 9.90. The molecule has 2 amide bonds. The van der Waals surface area contributed by atoms with E-state index in [1.165, 1.54) is 12.1 Å². The van der Waals surface area contributed by atoms with Gasteiger partial charge in [0, 0.05) is 0 Å². The maximum atomic E-state index is 11.4. The van der Waals surface area contributed by atoms with Gasteiger partial charge in [-0.15, -0.1) is 0 Å². The second-order valence-electron chi connectivity index (χ2n) is 3.63. The predicted molar refractivity (Wildman–Crippen MR) is 73.4 cm³/mol. The predicted octanol–water partition coefficient (Wildman–Crippen LogP) is 2.77. The van der Waals surface area contributed by atoms with Gasteiger partial charge in [-0.25, -0.2) is 0 Å². The van der Waals surface area contributed by atoms with Gasteiger partial charge in [0.15, 0.2) is 11.5 Å². The van der Waals surface area contributed by atoms with Gasteiger partial charge in [-0.2, -0.15) is 0 Å². The lowest BCUT2D eigenvalue weighted by atomic mass is 10.2. The molecule has 5 nitrogen and oxygen atoms in total. The van der Waals surface area contributed by atoms with E-state index in [1.54, 1.807) is 13.0 Å². The lowest BCUT2D eigenvalue weighted by molar-refractivity contribution is -0.115. The van der Waals surface area contributed by atoms with Gasteiger partial charge in [-0.1, -0.05) is 11.6 Å². The van der Waals surface area contributed by atoms with Crippen molar-refractivity contribution in [3.05, 3.63) is 27.6 Å². The Balaban J connectivity index is 2.38. The normalized spacial score (nSPS) is 16.8. The number of carbonyl (C=O) groups is 2. The third-order valence-corrected chi connectivity index (χ3v) is 3.39. The number of thioether (sulfide) groups is 1. The first-order valence-corrected chi connectivity index (χ1v) is 6.61. The molecule has 1 aliphatic rings. The summed E-state index contributed by atoms with van der Waals surface area (Å²) in [5, 5.41) is 11.6. The van der Waals surface area contributed by atoms with E-state index in [0.717, 1.165) is 11.8 Å². The second kappa shape index (κ2) is 5.54. The number of carbonyl (C=O) groups excluding carboxylic acids is 2. The van der Waals surface area contributed by atoms with Crippen LogP contribution in [0, 0.1) is 0 Å². The molecule has 1 aromatic rings. The van der Waals surface area contributed by atoms with Crippen LogP contribution in [0.2, 0.25) is 5.02 Å².